The fourth-order valence-electron chi connectivity index (χ4n) is 1.53. The van der Waals surface area contributed by atoms with Crippen molar-refractivity contribution in [2.45, 2.75) is 0 Å². The summed E-state index contributed by atoms with van der Waals surface area (Å²) in [6.45, 7) is 0. The predicted molar refractivity (Wildman–Crippen MR) is 71.9 cm³/mol. The molecule has 7 heteroatoms. The molecular formula is C12H10ClFN4O. The van der Waals surface area contributed by atoms with Gasteiger partial charge in [-0.15, -0.1) is 0 Å². The second-order valence-electron chi connectivity index (χ2n) is 3.81. The SMILES string of the molecule is NC(=O)c1cc(N)cnc1Nc1cc(F)cc(Cl)c1. The van der Waals surface area contributed by atoms with Gasteiger partial charge in [0.2, 0.25) is 0 Å². The van der Waals surface area contributed by atoms with Gasteiger partial charge in [-0.25, -0.2) is 9.37 Å². The van der Waals surface area contributed by atoms with Crippen LogP contribution in [-0.2, 0) is 0 Å². The maximum atomic E-state index is 13.2. The van der Waals surface area contributed by atoms with Gasteiger partial charge in [0.15, 0.2) is 0 Å². The van der Waals surface area contributed by atoms with Crippen LogP contribution >= 0.6 is 11.6 Å². The minimum Gasteiger partial charge on any atom is -0.397 e. The van der Waals surface area contributed by atoms with Gasteiger partial charge in [0, 0.05) is 10.7 Å². The van der Waals surface area contributed by atoms with Crippen LogP contribution in [0.5, 0.6) is 0 Å². The number of nitrogen functional groups attached to an aromatic ring is 1. The van der Waals surface area contributed by atoms with E-state index in [1.165, 1.54) is 24.4 Å². The van der Waals surface area contributed by atoms with E-state index in [4.69, 9.17) is 23.1 Å². The van der Waals surface area contributed by atoms with E-state index in [2.05, 4.69) is 10.3 Å². The number of halogens is 2. The third-order valence-electron chi connectivity index (χ3n) is 2.30. The number of amides is 1. The molecule has 1 aromatic carbocycles. The molecule has 1 amide bonds. The molecule has 98 valence electrons. The molecule has 2 rings (SSSR count). The summed E-state index contributed by atoms with van der Waals surface area (Å²) in [6, 6.07) is 5.26. The van der Waals surface area contributed by atoms with Crippen molar-refractivity contribution >= 4 is 34.7 Å². The number of benzene rings is 1. The van der Waals surface area contributed by atoms with Gasteiger partial charge in [0.1, 0.15) is 11.6 Å². The fourth-order valence-corrected chi connectivity index (χ4v) is 1.75. The van der Waals surface area contributed by atoms with Gasteiger partial charge >= 0.3 is 0 Å². The summed E-state index contributed by atoms with van der Waals surface area (Å²) in [4.78, 5) is 15.2. The highest BCUT2D eigenvalue weighted by Crippen LogP contribution is 2.23. The minimum atomic E-state index is -0.690. The smallest absolute Gasteiger partial charge is 0.252 e. The number of aromatic nitrogens is 1. The maximum Gasteiger partial charge on any atom is 0.252 e. The summed E-state index contributed by atoms with van der Waals surface area (Å²) in [5.41, 5.74) is 11.5. The van der Waals surface area contributed by atoms with E-state index in [-0.39, 0.29) is 16.4 Å². The van der Waals surface area contributed by atoms with Crippen LogP contribution in [0, 0.1) is 5.82 Å². The lowest BCUT2D eigenvalue weighted by Crippen LogP contribution is -2.14. The number of hydrogen-bond acceptors (Lipinski definition) is 4. The quantitative estimate of drug-likeness (QED) is 0.804. The molecule has 0 saturated heterocycles. The average Bonchev–Trinajstić information content (AvgIpc) is 2.30. The van der Waals surface area contributed by atoms with E-state index in [1.54, 1.807) is 0 Å². The van der Waals surface area contributed by atoms with Gasteiger partial charge in [-0.3, -0.25) is 4.79 Å². The van der Waals surface area contributed by atoms with Crippen LogP contribution in [0.15, 0.2) is 30.5 Å². The lowest BCUT2D eigenvalue weighted by molar-refractivity contribution is 0.100. The van der Waals surface area contributed by atoms with E-state index in [9.17, 15) is 9.18 Å². The predicted octanol–water partition coefficient (Wildman–Crippen LogP) is 2.30. The zero-order valence-electron chi connectivity index (χ0n) is 9.65. The summed E-state index contributed by atoms with van der Waals surface area (Å²) in [5, 5.41) is 2.99. The maximum absolute atomic E-state index is 13.2. The molecule has 0 radical (unpaired) electrons. The van der Waals surface area contributed by atoms with Crippen LogP contribution in [0.2, 0.25) is 5.02 Å². The molecule has 0 atom stereocenters. The van der Waals surface area contributed by atoms with Crippen molar-refractivity contribution in [3.8, 4) is 0 Å². The molecule has 0 spiro atoms. The van der Waals surface area contributed by atoms with Gasteiger partial charge in [-0.2, -0.15) is 0 Å². The Balaban J connectivity index is 2.40. The van der Waals surface area contributed by atoms with Crippen LogP contribution in [0.1, 0.15) is 10.4 Å². The summed E-state index contributed by atoms with van der Waals surface area (Å²) >= 11 is 5.73. The van der Waals surface area contributed by atoms with E-state index >= 15 is 0 Å². The first-order chi connectivity index (χ1) is 8.95. The number of pyridine rings is 1. The van der Waals surface area contributed by atoms with E-state index in [0.717, 1.165) is 6.07 Å². The molecular weight excluding hydrogens is 271 g/mol. The number of primary amides is 1. The first kappa shape index (κ1) is 13.1. The summed E-state index contributed by atoms with van der Waals surface area (Å²) < 4.78 is 13.2. The minimum absolute atomic E-state index is 0.111. The molecule has 0 bridgehead atoms. The molecule has 0 unspecified atom stereocenters. The van der Waals surface area contributed by atoms with Gasteiger partial charge in [0.25, 0.3) is 5.91 Å². The number of nitrogens with one attached hydrogen (secondary N) is 1. The Morgan fingerprint density at radius 3 is 2.68 bits per heavy atom. The molecule has 0 aliphatic heterocycles. The summed E-state index contributed by atoms with van der Waals surface area (Å²) in [7, 11) is 0. The number of anilines is 3. The third kappa shape index (κ3) is 3.11. The highest BCUT2D eigenvalue weighted by Gasteiger charge is 2.11. The number of carbonyl (C=O) groups excluding carboxylic acids is 1. The Labute approximate surface area is 113 Å². The molecule has 19 heavy (non-hydrogen) atoms. The molecule has 1 aromatic heterocycles. The monoisotopic (exact) mass is 280 g/mol. The molecule has 0 aliphatic carbocycles. The molecule has 0 saturated carbocycles. The van der Waals surface area contributed by atoms with Crippen LogP contribution < -0.4 is 16.8 Å². The molecule has 0 fully saturated rings. The van der Waals surface area contributed by atoms with Crippen LogP contribution in [0.4, 0.5) is 21.6 Å². The lowest BCUT2D eigenvalue weighted by Gasteiger charge is -2.10. The van der Waals surface area contributed by atoms with Crippen molar-refractivity contribution < 1.29 is 9.18 Å². The standard InChI is InChI=1S/C12H10ClFN4O/c13-6-1-7(14)3-9(2-6)18-12-10(11(16)19)4-8(15)5-17-12/h1-5H,15H2,(H2,16,19)(H,17,18). The molecule has 0 aliphatic rings. The van der Waals surface area contributed by atoms with Gasteiger partial charge in [-0.05, 0) is 24.3 Å². The Morgan fingerprint density at radius 1 is 1.32 bits per heavy atom. The number of rotatable bonds is 3. The van der Waals surface area contributed by atoms with Crippen LogP contribution in [-0.4, -0.2) is 10.9 Å². The summed E-state index contributed by atoms with van der Waals surface area (Å²) in [5.74, 6) is -1.01. The normalized spacial score (nSPS) is 10.2. The van der Waals surface area contributed by atoms with Crippen molar-refractivity contribution in [1.29, 1.82) is 0 Å². The Bertz CT molecular complexity index is 627. The second-order valence-corrected chi connectivity index (χ2v) is 4.25. The Morgan fingerprint density at radius 2 is 2.05 bits per heavy atom. The van der Waals surface area contributed by atoms with Crippen LogP contribution in [0.25, 0.3) is 0 Å². The first-order valence-corrected chi connectivity index (χ1v) is 5.62. The number of carbonyl (C=O) groups is 1. The molecule has 2 aromatic rings. The van der Waals surface area contributed by atoms with Gasteiger partial charge in [-0.1, -0.05) is 11.6 Å². The largest absolute Gasteiger partial charge is 0.397 e. The zero-order valence-corrected chi connectivity index (χ0v) is 10.4. The van der Waals surface area contributed by atoms with Gasteiger partial charge in [0.05, 0.1) is 17.4 Å². The molecule has 5 N–H and O–H groups in total. The fraction of sp³-hybridized carbons (Fsp3) is 0. The van der Waals surface area contributed by atoms with Crippen molar-refractivity contribution in [1.82, 2.24) is 4.98 Å². The number of hydrogen-bond donors (Lipinski definition) is 3. The first-order valence-electron chi connectivity index (χ1n) is 5.24. The second kappa shape index (κ2) is 5.11. The Hall–Kier alpha value is -2.34. The highest BCUT2D eigenvalue weighted by molar-refractivity contribution is 6.30. The lowest BCUT2D eigenvalue weighted by atomic mass is 10.2. The summed E-state index contributed by atoms with van der Waals surface area (Å²) in [6.07, 6.45) is 1.36. The van der Waals surface area contributed by atoms with Crippen molar-refractivity contribution in [3.05, 3.63) is 46.9 Å². The zero-order chi connectivity index (χ0) is 14.0. The topological polar surface area (TPSA) is 94.0 Å². The third-order valence-corrected chi connectivity index (χ3v) is 2.52. The average molecular weight is 281 g/mol. The van der Waals surface area contributed by atoms with E-state index in [1.807, 2.05) is 0 Å². The molecule has 1 heterocycles. The van der Waals surface area contributed by atoms with Crippen molar-refractivity contribution in [2.24, 2.45) is 5.73 Å². The number of nitrogens with zero attached hydrogens (tertiary/aromatic N) is 1. The number of nitrogens with two attached hydrogens (primary N) is 2. The highest BCUT2D eigenvalue weighted by atomic mass is 35.5. The molecule has 5 nitrogen and oxygen atoms in total. The van der Waals surface area contributed by atoms with E-state index < -0.39 is 11.7 Å². The van der Waals surface area contributed by atoms with Crippen molar-refractivity contribution in [2.75, 3.05) is 11.1 Å². The van der Waals surface area contributed by atoms with Crippen LogP contribution in [0.3, 0.4) is 0 Å². The van der Waals surface area contributed by atoms with Crippen molar-refractivity contribution in [3.63, 3.8) is 0 Å². The van der Waals surface area contributed by atoms with Gasteiger partial charge < -0.3 is 16.8 Å². The Kier molecular flexibility index (Phi) is 3.52. The van der Waals surface area contributed by atoms with E-state index in [0.29, 0.717) is 11.4 Å².